The number of aromatic nitrogens is 2. The van der Waals surface area contributed by atoms with E-state index in [1.54, 1.807) is 0 Å². The molecule has 38 heavy (non-hydrogen) atoms. The van der Waals surface area contributed by atoms with Crippen LogP contribution in [0.4, 0.5) is 8.78 Å². The van der Waals surface area contributed by atoms with E-state index in [-0.39, 0.29) is 18.0 Å². The third kappa shape index (κ3) is 3.80. The zero-order valence-electron chi connectivity index (χ0n) is 32.8. The highest BCUT2D eigenvalue weighted by atomic mass is 19.3. The van der Waals surface area contributed by atoms with Gasteiger partial charge in [-0.05, 0) is 44.1 Å². The monoisotopic (exact) mass is 533 g/mol. The topological polar surface area (TPSA) is 87.9 Å². The van der Waals surface area contributed by atoms with Gasteiger partial charge in [-0.15, -0.1) is 0 Å². The van der Waals surface area contributed by atoms with Crippen molar-refractivity contribution in [1.82, 2.24) is 19.4 Å². The first-order valence-electron chi connectivity index (χ1n) is 17.8. The van der Waals surface area contributed by atoms with E-state index in [9.17, 15) is 26.2 Å². The van der Waals surface area contributed by atoms with Gasteiger partial charge in [-0.1, -0.05) is 17.9 Å². The Morgan fingerprint density at radius 1 is 1.34 bits per heavy atom. The van der Waals surface area contributed by atoms with E-state index in [0.717, 1.165) is 0 Å². The molecular formula is C28H26F2N4O4. The summed E-state index contributed by atoms with van der Waals surface area (Å²) in [6, 6.07) is -13.2. The summed E-state index contributed by atoms with van der Waals surface area (Å²) in [6.45, 7) is -4.85. The second-order valence-corrected chi connectivity index (χ2v) is 9.25. The molecule has 1 fully saturated rings. The lowest BCUT2D eigenvalue weighted by Crippen LogP contribution is -2.55. The first kappa shape index (κ1) is 13.7. The van der Waals surface area contributed by atoms with Crippen molar-refractivity contribution in [2.24, 2.45) is 5.92 Å². The summed E-state index contributed by atoms with van der Waals surface area (Å²) >= 11 is 0. The molecule has 2 aromatic carbocycles. The first-order valence-corrected chi connectivity index (χ1v) is 11.3. The number of ether oxygens (including phenoxy) is 1. The molecule has 0 aliphatic carbocycles. The molecule has 3 aliphatic heterocycles. The molecule has 10 heteroatoms. The van der Waals surface area contributed by atoms with Crippen LogP contribution in [0.3, 0.4) is 0 Å². The average molecular weight is 534 g/mol. The van der Waals surface area contributed by atoms with Crippen LogP contribution in [-0.2, 0) is 4.79 Å². The molecule has 0 unspecified atom stereocenters. The summed E-state index contributed by atoms with van der Waals surface area (Å²) < 4.78 is 146. The summed E-state index contributed by atoms with van der Waals surface area (Å²) in [5.41, 5.74) is -6.09. The van der Waals surface area contributed by atoms with Crippen molar-refractivity contribution >= 4 is 22.8 Å². The number of aliphatic hydroxyl groups is 1. The fourth-order valence-electron chi connectivity index (χ4n) is 4.35. The van der Waals surface area contributed by atoms with E-state index < -0.39 is 131 Å². The van der Waals surface area contributed by atoms with Gasteiger partial charge in [0, 0.05) is 50.0 Å². The number of rotatable bonds is 3. The Kier molecular flexibility index (Phi) is 3.08. The molecule has 1 N–H and O–H groups in total. The Hall–Kier alpha value is -3.97. The van der Waals surface area contributed by atoms with Crippen molar-refractivity contribution in [2.75, 3.05) is 20.1 Å². The molecule has 2 amide bonds. The number of hydrogen-bond acceptors (Lipinski definition) is 5. The van der Waals surface area contributed by atoms with Crippen molar-refractivity contribution in [2.45, 2.75) is 44.5 Å². The third-order valence-corrected chi connectivity index (χ3v) is 6.12. The molecule has 0 spiro atoms. The number of carbonyl (C=O) groups excluding carboxylic acids is 2. The van der Waals surface area contributed by atoms with Crippen molar-refractivity contribution in [3.8, 4) is 17.6 Å². The second-order valence-electron chi connectivity index (χ2n) is 9.25. The van der Waals surface area contributed by atoms with Crippen molar-refractivity contribution in [3.05, 3.63) is 58.8 Å². The number of fused-ring (bicyclic) bond motifs is 9. The maximum absolute atomic E-state index is 14.1. The highest BCUT2D eigenvalue weighted by molar-refractivity contribution is 5.98. The number of alkyl halides is 2. The predicted molar refractivity (Wildman–Crippen MR) is 134 cm³/mol. The standard InChI is InChI=1S/C28H26F2N4O4/c1-28(2,37)26(36)33-13-16(14-33)8-7-15-9-10-18-19(11-15)34-20-12-21(24(34)31-18)32(3)25(35)17-5-4-6-22(23(17)20)38-27(29)30/h4-6,9-11,16,20-21,27,37H,12-14H2,1-3H3/t20-,21-/m1/s1/i3D3,4D,5D,6D,9D,10D,11D,12D2,20D,21D. The van der Waals surface area contributed by atoms with Gasteiger partial charge in [-0.25, -0.2) is 4.98 Å². The summed E-state index contributed by atoms with van der Waals surface area (Å²) in [4.78, 5) is 31.5. The SMILES string of the molecule is [2H]c1c([2H])c(OC(F)F)c2c(c1[2H])C(=O)N(C([2H])([2H])[2H])[C@@]1([2H])c3nc4c([2H])c([2H])c(C#CC5CN(C(=O)C(C)(C)O)C5)c([2H])c4n3[C@]2([2H])C1([2H])[2H]. The number of carbonyl (C=O) groups is 2. The van der Waals surface area contributed by atoms with Gasteiger partial charge in [0.25, 0.3) is 11.8 Å². The lowest BCUT2D eigenvalue weighted by Gasteiger charge is -2.39. The first-order chi connectivity index (χ1) is 23.3. The normalized spacial score (nSPS) is 31.0. The zero-order valence-corrected chi connectivity index (χ0v) is 19.8. The lowest BCUT2D eigenvalue weighted by atomic mass is 9.96. The fraction of sp³-hybridized carbons (Fsp3) is 0.393. The molecular weight excluding hydrogens is 494 g/mol. The molecule has 2 atom stereocenters. The van der Waals surface area contributed by atoms with Gasteiger partial charge < -0.3 is 24.2 Å². The molecule has 2 bridgehead atoms. The third-order valence-electron chi connectivity index (χ3n) is 6.12. The quantitative estimate of drug-likeness (QED) is 0.522. The van der Waals surface area contributed by atoms with Crippen LogP contribution in [0.25, 0.3) is 11.0 Å². The summed E-state index contributed by atoms with van der Waals surface area (Å²) in [7, 11) is 0. The summed E-state index contributed by atoms with van der Waals surface area (Å²) in [6.07, 6.45) is -3.74. The maximum atomic E-state index is 14.1. The minimum absolute atomic E-state index is 0.0670. The minimum atomic E-state index is -3.82. The Bertz CT molecular complexity index is 2150. The number of nitrogens with zero attached hydrogens (tertiary/aromatic N) is 4. The van der Waals surface area contributed by atoms with Crippen LogP contribution in [0, 0.1) is 17.8 Å². The molecule has 0 radical (unpaired) electrons. The highest BCUT2D eigenvalue weighted by Crippen LogP contribution is 2.50. The second kappa shape index (κ2) is 8.53. The number of halogens is 2. The number of benzene rings is 2. The van der Waals surface area contributed by atoms with Gasteiger partial charge in [-0.2, -0.15) is 8.78 Å². The number of imidazole rings is 1. The Labute approximate surface area is 236 Å². The molecule has 8 nitrogen and oxygen atoms in total. The minimum Gasteiger partial charge on any atom is -0.434 e. The van der Waals surface area contributed by atoms with Crippen LogP contribution in [0.2, 0.25) is 0 Å². The van der Waals surface area contributed by atoms with E-state index in [2.05, 4.69) is 21.6 Å². The van der Waals surface area contributed by atoms with Gasteiger partial charge >= 0.3 is 6.61 Å². The molecule has 3 aromatic rings. The molecule has 6 rings (SSSR count). The van der Waals surface area contributed by atoms with Crippen LogP contribution in [0.5, 0.6) is 5.75 Å². The Morgan fingerprint density at radius 2 is 2.13 bits per heavy atom. The smallest absolute Gasteiger partial charge is 0.387 e. The van der Waals surface area contributed by atoms with Crippen LogP contribution in [0.15, 0.2) is 36.3 Å². The summed E-state index contributed by atoms with van der Waals surface area (Å²) in [5.74, 6) is -0.116. The maximum Gasteiger partial charge on any atom is 0.387 e. The Morgan fingerprint density at radius 3 is 2.84 bits per heavy atom. The van der Waals surface area contributed by atoms with Crippen LogP contribution in [-0.4, -0.2) is 68.5 Å². The van der Waals surface area contributed by atoms with E-state index in [4.69, 9.17) is 15.1 Å². The van der Waals surface area contributed by atoms with Gasteiger partial charge in [0.05, 0.1) is 40.0 Å². The number of likely N-dealkylation sites (tertiary alicyclic amines) is 1. The molecule has 0 saturated carbocycles. The molecule has 4 heterocycles. The van der Waals surface area contributed by atoms with E-state index in [1.807, 2.05) is 0 Å². The number of amides is 2. The van der Waals surface area contributed by atoms with Crippen LogP contribution < -0.4 is 4.74 Å². The molecule has 196 valence electrons. The van der Waals surface area contributed by atoms with E-state index >= 15 is 0 Å². The predicted octanol–water partition coefficient (Wildman–Crippen LogP) is 3.34. The van der Waals surface area contributed by atoms with Crippen LogP contribution in [0.1, 0.15) is 77.4 Å². The fourth-order valence-corrected chi connectivity index (χ4v) is 4.35. The lowest BCUT2D eigenvalue weighted by molar-refractivity contribution is -0.153. The van der Waals surface area contributed by atoms with Crippen molar-refractivity contribution in [3.63, 3.8) is 0 Å². The summed E-state index contributed by atoms with van der Waals surface area (Å²) in [5, 5.41) is 9.99. The van der Waals surface area contributed by atoms with Gasteiger partial charge in [0.2, 0.25) is 0 Å². The van der Waals surface area contributed by atoms with Crippen molar-refractivity contribution < 1.29 is 46.0 Å². The average Bonchev–Trinajstić information content (AvgIpc) is 3.43. The zero-order chi connectivity index (χ0) is 38.3. The van der Waals surface area contributed by atoms with E-state index in [1.165, 1.54) is 18.7 Å². The molecule has 1 saturated heterocycles. The van der Waals surface area contributed by atoms with Crippen LogP contribution >= 0.6 is 0 Å². The van der Waals surface area contributed by atoms with Crippen molar-refractivity contribution in [1.29, 1.82) is 0 Å². The highest BCUT2D eigenvalue weighted by Gasteiger charge is 2.45. The number of hydrogen-bond donors (Lipinski definition) is 1. The largest absolute Gasteiger partial charge is 0.434 e. The van der Waals surface area contributed by atoms with Gasteiger partial charge in [0.1, 0.15) is 17.2 Å². The molecule has 1 aromatic heterocycles. The Balaban J connectivity index is 1.71. The van der Waals surface area contributed by atoms with E-state index in [0.29, 0.717) is 4.57 Å². The molecule has 3 aliphatic rings. The van der Waals surface area contributed by atoms with Gasteiger partial charge in [-0.3, -0.25) is 9.59 Å². The van der Waals surface area contributed by atoms with Gasteiger partial charge in [0.15, 0.2) is 0 Å².